The van der Waals surface area contributed by atoms with E-state index >= 15 is 0 Å². The summed E-state index contributed by atoms with van der Waals surface area (Å²) in [6.07, 6.45) is -3.07. The number of hydrogen-bond acceptors (Lipinski definition) is 2. The number of nitrogens with zero attached hydrogens (tertiary/aromatic N) is 3. The average molecular weight is 285 g/mol. The second-order valence-corrected chi connectivity index (χ2v) is 4.60. The standard InChI is InChI=1S/C13H14F3N3O/c1-4-9-11(12(20)18(2)3)19-7-8(13(14,15)16)5-6-10(19)17-9/h5-7H,4H2,1-3H3. The Labute approximate surface area is 113 Å². The molecule has 0 bridgehead atoms. The summed E-state index contributed by atoms with van der Waals surface area (Å²) in [5.41, 5.74) is 0.194. The van der Waals surface area contributed by atoms with E-state index in [1.165, 1.54) is 15.4 Å². The largest absolute Gasteiger partial charge is 0.417 e. The van der Waals surface area contributed by atoms with E-state index in [1.54, 1.807) is 21.0 Å². The van der Waals surface area contributed by atoms with E-state index in [9.17, 15) is 18.0 Å². The van der Waals surface area contributed by atoms with Gasteiger partial charge in [0.25, 0.3) is 5.91 Å². The number of alkyl halides is 3. The van der Waals surface area contributed by atoms with Crippen molar-refractivity contribution in [3.05, 3.63) is 35.3 Å². The van der Waals surface area contributed by atoms with Gasteiger partial charge in [0.15, 0.2) is 0 Å². The van der Waals surface area contributed by atoms with Crippen molar-refractivity contribution < 1.29 is 18.0 Å². The molecular weight excluding hydrogens is 271 g/mol. The van der Waals surface area contributed by atoms with Gasteiger partial charge in [0.2, 0.25) is 0 Å². The topological polar surface area (TPSA) is 37.6 Å². The van der Waals surface area contributed by atoms with Gasteiger partial charge in [-0.25, -0.2) is 4.98 Å². The number of carbonyl (C=O) groups excluding carboxylic acids is 1. The molecule has 0 radical (unpaired) electrons. The van der Waals surface area contributed by atoms with E-state index in [-0.39, 0.29) is 11.6 Å². The Bertz CT molecular complexity index is 659. The third kappa shape index (κ3) is 2.35. The first-order chi connectivity index (χ1) is 9.25. The number of rotatable bonds is 2. The fourth-order valence-electron chi connectivity index (χ4n) is 1.95. The minimum atomic E-state index is -4.46. The normalized spacial score (nSPS) is 11.9. The van der Waals surface area contributed by atoms with Crippen LogP contribution >= 0.6 is 0 Å². The maximum atomic E-state index is 12.8. The number of aromatic nitrogens is 2. The molecule has 0 aliphatic carbocycles. The highest BCUT2D eigenvalue weighted by Crippen LogP contribution is 2.30. The number of hydrogen-bond donors (Lipinski definition) is 0. The summed E-state index contributed by atoms with van der Waals surface area (Å²) in [7, 11) is 3.10. The molecule has 0 spiro atoms. The molecule has 4 nitrogen and oxygen atoms in total. The van der Waals surface area contributed by atoms with Crippen LogP contribution in [0.15, 0.2) is 18.3 Å². The summed E-state index contributed by atoms with van der Waals surface area (Å²) >= 11 is 0. The first-order valence-corrected chi connectivity index (χ1v) is 6.05. The predicted octanol–water partition coefficient (Wildman–Crippen LogP) is 2.62. The maximum Gasteiger partial charge on any atom is 0.417 e. The van der Waals surface area contributed by atoms with Gasteiger partial charge in [-0.3, -0.25) is 9.20 Å². The molecule has 0 atom stereocenters. The van der Waals surface area contributed by atoms with Crippen LogP contribution in [0.1, 0.15) is 28.7 Å². The minimum Gasteiger partial charge on any atom is -0.343 e. The number of fused-ring (bicyclic) bond motifs is 1. The fourth-order valence-corrected chi connectivity index (χ4v) is 1.95. The molecule has 2 heterocycles. The second-order valence-electron chi connectivity index (χ2n) is 4.60. The van der Waals surface area contributed by atoms with Crippen LogP contribution in [-0.4, -0.2) is 34.3 Å². The van der Waals surface area contributed by atoms with Gasteiger partial charge >= 0.3 is 6.18 Å². The predicted molar refractivity (Wildman–Crippen MR) is 67.6 cm³/mol. The van der Waals surface area contributed by atoms with Crippen molar-refractivity contribution in [3.8, 4) is 0 Å². The Morgan fingerprint density at radius 1 is 1.35 bits per heavy atom. The van der Waals surface area contributed by atoms with Crippen molar-refractivity contribution in [2.75, 3.05) is 14.1 Å². The van der Waals surface area contributed by atoms with Crippen molar-refractivity contribution in [3.63, 3.8) is 0 Å². The second kappa shape index (κ2) is 4.81. The molecule has 0 aliphatic rings. The van der Waals surface area contributed by atoms with Crippen molar-refractivity contribution in [1.29, 1.82) is 0 Å². The summed E-state index contributed by atoms with van der Waals surface area (Å²) in [6, 6.07) is 2.24. The third-order valence-electron chi connectivity index (χ3n) is 2.96. The van der Waals surface area contributed by atoms with Crippen LogP contribution in [0, 0.1) is 0 Å². The highest BCUT2D eigenvalue weighted by molar-refractivity contribution is 5.94. The molecule has 108 valence electrons. The van der Waals surface area contributed by atoms with Crippen LogP contribution in [0.3, 0.4) is 0 Å². The Balaban J connectivity index is 2.72. The van der Waals surface area contributed by atoms with Gasteiger partial charge in [-0.2, -0.15) is 13.2 Å². The molecule has 2 rings (SSSR count). The van der Waals surface area contributed by atoms with Crippen LogP contribution in [0.4, 0.5) is 13.2 Å². The first kappa shape index (κ1) is 14.4. The number of aryl methyl sites for hydroxylation is 1. The van der Waals surface area contributed by atoms with Crippen molar-refractivity contribution in [2.45, 2.75) is 19.5 Å². The first-order valence-electron chi connectivity index (χ1n) is 6.05. The molecule has 20 heavy (non-hydrogen) atoms. The zero-order valence-electron chi connectivity index (χ0n) is 11.3. The molecule has 1 amide bonds. The smallest absolute Gasteiger partial charge is 0.343 e. The monoisotopic (exact) mass is 285 g/mol. The summed E-state index contributed by atoms with van der Waals surface area (Å²) in [5.74, 6) is -0.367. The Morgan fingerprint density at radius 2 is 2.00 bits per heavy atom. The number of imidazole rings is 1. The van der Waals surface area contributed by atoms with Crippen LogP contribution in [-0.2, 0) is 12.6 Å². The summed E-state index contributed by atoms with van der Waals surface area (Å²) < 4.78 is 39.5. The Kier molecular flexibility index (Phi) is 3.45. The average Bonchev–Trinajstić information content (AvgIpc) is 2.73. The molecule has 0 saturated heterocycles. The van der Waals surface area contributed by atoms with Crippen molar-refractivity contribution in [1.82, 2.24) is 14.3 Å². The van der Waals surface area contributed by atoms with Crippen LogP contribution in [0.2, 0.25) is 0 Å². The molecule has 0 N–H and O–H groups in total. The molecule has 2 aromatic rings. The van der Waals surface area contributed by atoms with Gasteiger partial charge < -0.3 is 4.90 Å². The van der Waals surface area contributed by atoms with E-state index in [2.05, 4.69) is 4.98 Å². The number of pyridine rings is 1. The van der Waals surface area contributed by atoms with Gasteiger partial charge in [-0.05, 0) is 18.6 Å². The zero-order valence-corrected chi connectivity index (χ0v) is 11.3. The van der Waals surface area contributed by atoms with Crippen molar-refractivity contribution in [2.24, 2.45) is 0 Å². The minimum absolute atomic E-state index is 0.179. The van der Waals surface area contributed by atoms with Crippen LogP contribution in [0.25, 0.3) is 5.65 Å². The highest BCUT2D eigenvalue weighted by atomic mass is 19.4. The van der Waals surface area contributed by atoms with Crippen LogP contribution in [0.5, 0.6) is 0 Å². The molecular formula is C13H14F3N3O. The van der Waals surface area contributed by atoms with Crippen molar-refractivity contribution >= 4 is 11.6 Å². The number of amides is 1. The van der Waals surface area contributed by atoms with E-state index < -0.39 is 11.7 Å². The van der Waals surface area contributed by atoms with Gasteiger partial charge in [-0.1, -0.05) is 6.92 Å². The van der Waals surface area contributed by atoms with E-state index in [0.717, 1.165) is 12.3 Å². The highest BCUT2D eigenvalue weighted by Gasteiger charge is 2.32. The maximum absolute atomic E-state index is 12.8. The number of carbonyl (C=O) groups is 1. The summed E-state index contributed by atoms with van der Waals surface area (Å²) in [6.45, 7) is 1.80. The van der Waals surface area contributed by atoms with Gasteiger partial charge in [0, 0.05) is 20.3 Å². The molecule has 0 fully saturated rings. The van der Waals surface area contributed by atoms with Gasteiger partial charge in [-0.15, -0.1) is 0 Å². The third-order valence-corrected chi connectivity index (χ3v) is 2.96. The van der Waals surface area contributed by atoms with E-state index in [4.69, 9.17) is 0 Å². The Hall–Kier alpha value is -2.05. The molecule has 0 saturated carbocycles. The quantitative estimate of drug-likeness (QED) is 0.850. The lowest BCUT2D eigenvalue weighted by atomic mass is 10.2. The molecule has 2 aromatic heterocycles. The Morgan fingerprint density at radius 3 is 2.50 bits per heavy atom. The summed E-state index contributed by atoms with van der Waals surface area (Å²) in [4.78, 5) is 17.7. The number of halogens is 3. The lowest BCUT2D eigenvalue weighted by molar-refractivity contribution is -0.137. The zero-order chi connectivity index (χ0) is 15.1. The molecule has 0 unspecified atom stereocenters. The van der Waals surface area contributed by atoms with E-state index in [0.29, 0.717) is 17.8 Å². The summed E-state index contributed by atoms with van der Waals surface area (Å²) in [5, 5.41) is 0. The molecule has 0 aromatic carbocycles. The molecule has 0 aliphatic heterocycles. The lowest BCUT2D eigenvalue weighted by Gasteiger charge is -2.12. The van der Waals surface area contributed by atoms with Crippen LogP contribution < -0.4 is 0 Å². The van der Waals surface area contributed by atoms with Gasteiger partial charge in [0.1, 0.15) is 11.3 Å². The fraction of sp³-hybridized carbons (Fsp3) is 0.385. The molecule has 7 heteroatoms. The SMILES string of the molecule is CCc1nc2ccc(C(F)(F)F)cn2c1C(=O)N(C)C. The van der Waals surface area contributed by atoms with Gasteiger partial charge in [0.05, 0.1) is 11.3 Å². The van der Waals surface area contributed by atoms with E-state index in [1.807, 2.05) is 0 Å². The lowest BCUT2D eigenvalue weighted by Crippen LogP contribution is -2.24.